The van der Waals surface area contributed by atoms with Crippen molar-refractivity contribution in [3.8, 4) is 11.5 Å². The number of pyridine rings is 1. The second kappa shape index (κ2) is 9.90. The fourth-order valence-corrected chi connectivity index (χ4v) is 4.17. The summed E-state index contributed by atoms with van der Waals surface area (Å²) in [5.41, 5.74) is 3.18. The van der Waals surface area contributed by atoms with Gasteiger partial charge in [0.1, 0.15) is 22.8 Å². The van der Waals surface area contributed by atoms with Crippen LogP contribution in [0.25, 0.3) is 10.9 Å². The molecule has 0 saturated carbocycles. The number of anilines is 1. The van der Waals surface area contributed by atoms with E-state index in [9.17, 15) is 4.79 Å². The molecule has 1 aliphatic heterocycles. The van der Waals surface area contributed by atoms with Gasteiger partial charge >= 0.3 is 0 Å². The van der Waals surface area contributed by atoms with Gasteiger partial charge in [0.15, 0.2) is 0 Å². The largest absolute Gasteiger partial charge is 0.494 e. The van der Waals surface area contributed by atoms with E-state index in [1.165, 1.54) is 5.56 Å². The van der Waals surface area contributed by atoms with E-state index in [0.29, 0.717) is 26.1 Å². The summed E-state index contributed by atoms with van der Waals surface area (Å²) in [5.74, 6) is 2.82. The van der Waals surface area contributed by atoms with Gasteiger partial charge in [0, 0.05) is 38.0 Å². The number of rotatable bonds is 7. The van der Waals surface area contributed by atoms with Crippen LogP contribution < -0.4 is 14.4 Å². The summed E-state index contributed by atoms with van der Waals surface area (Å²) in [6, 6.07) is 16.1. The molecule has 32 heavy (non-hydrogen) atoms. The number of ether oxygens (including phenoxy) is 2. The molecule has 1 amide bonds. The maximum Gasteiger partial charge on any atom is 0.222 e. The van der Waals surface area contributed by atoms with Gasteiger partial charge < -0.3 is 19.3 Å². The van der Waals surface area contributed by atoms with Crippen molar-refractivity contribution in [3.05, 3.63) is 59.7 Å². The SMILES string of the molecule is COc1cccc2c(C)cc(N3CCN(C(=O)CCCOc4ccccc4C)CC3)nc12. The normalized spacial score (nSPS) is 14.0. The Morgan fingerprint density at radius 3 is 2.47 bits per heavy atom. The zero-order chi connectivity index (χ0) is 22.5. The monoisotopic (exact) mass is 433 g/mol. The molecule has 0 unspecified atom stereocenters. The first-order valence-electron chi connectivity index (χ1n) is 11.2. The molecule has 1 saturated heterocycles. The predicted molar refractivity (Wildman–Crippen MR) is 128 cm³/mol. The van der Waals surface area contributed by atoms with Crippen molar-refractivity contribution in [2.24, 2.45) is 0 Å². The third-order valence-corrected chi connectivity index (χ3v) is 6.06. The third-order valence-electron chi connectivity index (χ3n) is 6.06. The number of amides is 1. The number of para-hydroxylation sites is 2. The Morgan fingerprint density at radius 2 is 1.72 bits per heavy atom. The van der Waals surface area contributed by atoms with Crippen LogP contribution in [-0.4, -0.2) is 55.7 Å². The van der Waals surface area contributed by atoms with Crippen molar-refractivity contribution in [2.75, 3.05) is 44.8 Å². The van der Waals surface area contributed by atoms with Crippen LogP contribution in [0.2, 0.25) is 0 Å². The van der Waals surface area contributed by atoms with Gasteiger partial charge in [-0.25, -0.2) is 4.98 Å². The molecule has 4 rings (SSSR count). The maximum atomic E-state index is 12.7. The second-order valence-corrected chi connectivity index (χ2v) is 8.24. The van der Waals surface area contributed by atoms with Gasteiger partial charge in [0.05, 0.1) is 13.7 Å². The number of nitrogens with zero attached hydrogens (tertiary/aromatic N) is 3. The molecule has 2 aromatic carbocycles. The van der Waals surface area contributed by atoms with Crippen LogP contribution in [0.15, 0.2) is 48.5 Å². The standard InChI is InChI=1S/C26H31N3O3/c1-19-8-4-5-10-22(19)32-17-7-12-25(30)29-15-13-28(14-16-29)24-18-20(2)21-9-6-11-23(31-3)26(21)27-24/h4-6,8-11,18H,7,12-17H2,1-3H3. The highest BCUT2D eigenvalue weighted by Crippen LogP contribution is 2.29. The number of fused-ring (bicyclic) bond motifs is 1. The summed E-state index contributed by atoms with van der Waals surface area (Å²) in [6.07, 6.45) is 1.23. The smallest absolute Gasteiger partial charge is 0.222 e. The van der Waals surface area contributed by atoms with Crippen LogP contribution in [0, 0.1) is 13.8 Å². The zero-order valence-corrected chi connectivity index (χ0v) is 19.1. The van der Waals surface area contributed by atoms with Gasteiger partial charge in [0.25, 0.3) is 0 Å². The van der Waals surface area contributed by atoms with E-state index in [2.05, 4.69) is 24.0 Å². The fraction of sp³-hybridized carbons (Fsp3) is 0.385. The number of hydrogen-bond donors (Lipinski definition) is 0. The van der Waals surface area contributed by atoms with E-state index in [1.807, 2.05) is 48.2 Å². The summed E-state index contributed by atoms with van der Waals surface area (Å²) in [5, 5.41) is 1.11. The van der Waals surface area contributed by atoms with Gasteiger partial charge in [-0.2, -0.15) is 0 Å². The number of carbonyl (C=O) groups excluding carboxylic acids is 1. The summed E-state index contributed by atoms with van der Waals surface area (Å²) < 4.78 is 11.3. The van der Waals surface area contributed by atoms with Crippen LogP contribution >= 0.6 is 0 Å². The van der Waals surface area contributed by atoms with Gasteiger partial charge in [-0.3, -0.25) is 4.79 Å². The zero-order valence-electron chi connectivity index (χ0n) is 19.1. The lowest BCUT2D eigenvalue weighted by molar-refractivity contribution is -0.131. The Morgan fingerprint density at radius 1 is 0.969 bits per heavy atom. The Balaban J connectivity index is 1.30. The Labute approximate surface area is 189 Å². The first kappa shape index (κ1) is 21.9. The summed E-state index contributed by atoms with van der Waals surface area (Å²) in [6.45, 7) is 7.66. The predicted octanol–water partition coefficient (Wildman–Crippen LogP) is 4.37. The van der Waals surface area contributed by atoms with Crippen molar-refractivity contribution < 1.29 is 14.3 Å². The van der Waals surface area contributed by atoms with Crippen LogP contribution in [-0.2, 0) is 4.79 Å². The summed E-state index contributed by atoms with van der Waals surface area (Å²) >= 11 is 0. The molecule has 168 valence electrons. The molecule has 0 N–H and O–H groups in total. The second-order valence-electron chi connectivity index (χ2n) is 8.24. The van der Waals surface area contributed by atoms with Crippen molar-refractivity contribution in [3.63, 3.8) is 0 Å². The van der Waals surface area contributed by atoms with Gasteiger partial charge in [-0.1, -0.05) is 30.3 Å². The molecule has 1 aromatic heterocycles. The number of benzene rings is 2. The first-order valence-corrected chi connectivity index (χ1v) is 11.2. The van der Waals surface area contributed by atoms with Crippen molar-refractivity contribution in [2.45, 2.75) is 26.7 Å². The van der Waals surface area contributed by atoms with Crippen molar-refractivity contribution in [1.29, 1.82) is 0 Å². The highest BCUT2D eigenvalue weighted by Gasteiger charge is 2.22. The number of aromatic nitrogens is 1. The van der Waals surface area contributed by atoms with E-state index in [1.54, 1.807) is 7.11 Å². The molecule has 0 bridgehead atoms. The lowest BCUT2D eigenvalue weighted by atomic mass is 10.1. The molecule has 2 heterocycles. The molecule has 0 aliphatic carbocycles. The third kappa shape index (κ3) is 4.79. The highest BCUT2D eigenvalue weighted by molar-refractivity contribution is 5.89. The lowest BCUT2D eigenvalue weighted by Crippen LogP contribution is -2.49. The van der Waals surface area contributed by atoms with Crippen molar-refractivity contribution >= 4 is 22.6 Å². The average Bonchev–Trinajstić information content (AvgIpc) is 2.82. The number of piperazine rings is 1. The molecular weight excluding hydrogens is 402 g/mol. The van der Waals surface area contributed by atoms with E-state index in [0.717, 1.165) is 53.3 Å². The number of aryl methyl sites for hydroxylation is 2. The fourth-order valence-electron chi connectivity index (χ4n) is 4.17. The van der Waals surface area contributed by atoms with E-state index >= 15 is 0 Å². The Bertz CT molecular complexity index is 1090. The van der Waals surface area contributed by atoms with Gasteiger partial charge in [-0.05, 0) is 49.6 Å². The Hall–Kier alpha value is -3.28. The van der Waals surface area contributed by atoms with E-state index in [4.69, 9.17) is 14.5 Å². The van der Waals surface area contributed by atoms with E-state index in [-0.39, 0.29) is 5.91 Å². The molecular formula is C26H31N3O3. The number of methoxy groups -OCH3 is 1. The summed E-state index contributed by atoms with van der Waals surface area (Å²) in [7, 11) is 1.68. The van der Waals surface area contributed by atoms with Crippen LogP contribution in [0.1, 0.15) is 24.0 Å². The highest BCUT2D eigenvalue weighted by atomic mass is 16.5. The minimum Gasteiger partial charge on any atom is -0.494 e. The van der Waals surface area contributed by atoms with Gasteiger partial charge in [0.2, 0.25) is 5.91 Å². The minimum atomic E-state index is 0.197. The first-order chi connectivity index (χ1) is 15.6. The maximum absolute atomic E-state index is 12.7. The topological polar surface area (TPSA) is 54.9 Å². The minimum absolute atomic E-state index is 0.197. The van der Waals surface area contributed by atoms with E-state index < -0.39 is 0 Å². The Kier molecular flexibility index (Phi) is 6.78. The van der Waals surface area contributed by atoms with Crippen LogP contribution in [0.4, 0.5) is 5.82 Å². The van der Waals surface area contributed by atoms with Crippen LogP contribution in [0.5, 0.6) is 11.5 Å². The molecule has 1 fully saturated rings. The average molecular weight is 434 g/mol. The quantitative estimate of drug-likeness (QED) is 0.518. The van der Waals surface area contributed by atoms with Gasteiger partial charge in [-0.15, -0.1) is 0 Å². The number of carbonyl (C=O) groups is 1. The van der Waals surface area contributed by atoms with Crippen molar-refractivity contribution in [1.82, 2.24) is 9.88 Å². The number of hydrogen-bond acceptors (Lipinski definition) is 5. The summed E-state index contributed by atoms with van der Waals surface area (Å²) in [4.78, 5) is 21.7. The molecule has 6 heteroatoms. The molecule has 6 nitrogen and oxygen atoms in total. The molecule has 1 aliphatic rings. The van der Waals surface area contributed by atoms with Crippen LogP contribution in [0.3, 0.4) is 0 Å². The molecule has 0 atom stereocenters. The molecule has 0 spiro atoms. The molecule has 3 aromatic rings. The molecule has 0 radical (unpaired) electrons. The lowest BCUT2D eigenvalue weighted by Gasteiger charge is -2.35.